The Labute approximate surface area is 115 Å². The Balaban J connectivity index is 1.58. The third-order valence-electron chi connectivity index (χ3n) is 4.44. The van der Waals surface area contributed by atoms with Crippen molar-refractivity contribution < 1.29 is 0 Å². The summed E-state index contributed by atoms with van der Waals surface area (Å²) in [7, 11) is 0. The van der Waals surface area contributed by atoms with E-state index >= 15 is 0 Å². The summed E-state index contributed by atoms with van der Waals surface area (Å²) in [6.07, 6.45) is 7.18. The van der Waals surface area contributed by atoms with Crippen molar-refractivity contribution in [3.63, 3.8) is 0 Å². The molecule has 2 aliphatic rings. The molecule has 18 heavy (non-hydrogen) atoms. The zero-order valence-electron chi connectivity index (χ0n) is 11.1. The molecule has 2 saturated heterocycles. The zero-order valence-corrected chi connectivity index (χ0v) is 11.9. The number of piperidine rings is 2. The van der Waals surface area contributed by atoms with Crippen LogP contribution < -0.4 is 0 Å². The van der Waals surface area contributed by atoms with Gasteiger partial charge in [-0.25, -0.2) is 0 Å². The van der Waals surface area contributed by atoms with E-state index < -0.39 is 0 Å². The fourth-order valence-corrected chi connectivity index (χ4v) is 4.64. The predicted molar refractivity (Wildman–Crippen MR) is 79.1 cm³/mol. The van der Waals surface area contributed by atoms with Gasteiger partial charge in [-0.15, -0.1) is 11.8 Å². The van der Waals surface area contributed by atoms with Crippen LogP contribution in [-0.4, -0.2) is 29.8 Å². The van der Waals surface area contributed by atoms with Crippen molar-refractivity contribution in [2.24, 2.45) is 5.92 Å². The Hall–Kier alpha value is -0.470. The van der Waals surface area contributed by atoms with E-state index in [1.807, 2.05) is 0 Å². The van der Waals surface area contributed by atoms with E-state index in [-0.39, 0.29) is 0 Å². The molecule has 2 aliphatic heterocycles. The fourth-order valence-electron chi connectivity index (χ4n) is 3.49. The Morgan fingerprint density at radius 3 is 2.72 bits per heavy atom. The molecule has 1 aromatic rings. The number of nitrogens with zero attached hydrogens (tertiary/aromatic N) is 1. The predicted octanol–water partition coefficient (Wildman–Crippen LogP) is 4.04. The van der Waals surface area contributed by atoms with Gasteiger partial charge in [-0.2, -0.15) is 0 Å². The third kappa shape index (κ3) is 2.92. The number of fused-ring (bicyclic) bond motifs is 1. The van der Waals surface area contributed by atoms with Crippen LogP contribution in [0.5, 0.6) is 0 Å². The molecule has 0 bridgehead atoms. The van der Waals surface area contributed by atoms with Crippen LogP contribution in [0, 0.1) is 5.92 Å². The van der Waals surface area contributed by atoms with Gasteiger partial charge in [0.05, 0.1) is 0 Å². The summed E-state index contributed by atoms with van der Waals surface area (Å²) in [6, 6.07) is 11.8. The summed E-state index contributed by atoms with van der Waals surface area (Å²) in [5.74, 6) is 2.23. The molecule has 0 saturated carbocycles. The summed E-state index contributed by atoms with van der Waals surface area (Å²) in [5, 5.41) is 0. The van der Waals surface area contributed by atoms with Gasteiger partial charge >= 0.3 is 0 Å². The van der Waals surface area contributed by atoms with Crippen molar-refractivity contribution in [2.75, 3.05) is 18.8 Å². The molecule has 1 nitrogen and oxygen atoms in total. The quantitative estimate of drug-likeness (QED) is 0.755. The maximum Gasteiger partial charge on any atom is 0.0131 e. The van der Waals surface area contributed by atoms with Gasteiger partial charge in [0.15, 0.2) is 0 Å². The topological polar surface area (TPSA) is 3.24 Å². The molecule has 0 aliphatic carbocycles. The van der Waals surface area contributed by atoms with Crippen LogP contribution in [0.4, 0.5) is 0 Å². The van der Waals surface area contributed by atoms with Gasteiger partial charge in [0, 0.05) is 16.7 Å². The molecule has 0 aromatic heterocycles. The highest BCUT2D eigenvalue weighted by molar-refractivity contribution is 7.99. The first-order chi connectivity index (χ1) is 8.93. The highest BCUT2D eigenvalue weighted by Gasteiger charge is 2.32. The molecular formula is C16H23NS. The van der Waals surface area contributed by atoms with E-state index in [0.29, 0.717) is 0 Å². The van der Waals surface area contributed by atoms with Gasteiger partial charge in [-0.1, -0.05) is 24.6 Å². The molecule has 3 rings (SSSR count). The summed E-state index contributed by atoms with van der Waals surface area (Å²) in [6.45, 7) is 2.72. The van der Waals surface area contributed by atoms with E-state index in [9.17, 15) is 0 Å². The summed E-state index contributed by atoms with van der Waals surface area (Å²) in [5.41, 5.74) is 0. The zero-order chi connectivity index (χ0) is 12.2. The minimum absolute atomic E-state index is 0.892. The number of benzene rings is 1. The minimum Gasteiger partial charge on any atom is -0.300 e. The van der Waals surface area contributed by atoms with Crippen LogP contribution in [0.3, 0.4) is 0 Å². The van der Waals surface area contributed by atoms with E-state index in [0.717, 1.165) is 12.0 Å². The molecule has 2 atom stereocenters. The van der Waals surface area contributed by atoms with Gasteiger partial charge in [-0.3, -0.25) is 0 Å². The van der Waals surface area contributed by atoms with Crippen molar-refractivity contribution in [2.45, 2.75) is 43.0 Å². The molecule has 0 spiro atoms. The summed E-state index contributed by atoms with van der Waals surface area (Å²) >= 11 is 2.06. The van der Waals surface area contributed by atoms with E-state index in [4.69, 9.17) is 0 Å². The van der Waals surface area contributed by atoms with Crippen molar-refractivity contribution in [3.8, 4) is 0 Å². The Morgan fingerprint density at radius 1 is 1.00 bits per heavy atom. The second-order valence-electron chi connectivity index (χ2n) is 5.63. The van der Waals surface area contributed by atoms with Crippen LogP contribution >= 0.6 is 11.8 Å². The van der Waals surface area contributed by atoms with E-state index in [1.54, 1.807) is 0 Å². The number of rotatable bonds is 3. The smallest absolute Gasteiger partial charge is 0.0131 e. The molecule has 0 N–H and O–H groups in total. The van der Waals surface area contributed by atoms with Crippen molar-refractivity contribution >= 4 is 11.8 Å². The lowest BCUT2D eigenvalue weighted by atomic mass is 9.85. The second-order valence-corrected chi connectivity index (χ2v) is 6.72. The van der Waals surface area contributed by atoms with Crippen molar-refractivity contribution in [1.29, 1.82) is 0 Å². The monoisotopic (exact) mass is 261 g/mol. The lowest BCUT2D eigenvalue weighted by molar-refractivity contribution is 0.0693. The van der Waals surface area contributed by atoms with Crippen LogP contribution in [0.25, 0.3) is 0 Å². The van der Waals surface area contributed by atoms with Crippen LogP contribution in [0.1, 0.15) is 32.1 Å². The lowest BCUT2D eigenvalue weighted by Gasteiger charge is -2.44. The van der Waals surface area contributed by atoms with Crippen LogP contribution in [-0.2, 0) is 0 Å². The van der Waals surface area contributed by atoms with Crippen LogP contribution in [0.15, 0.2) is 35.2 Å². The van der Waals surface area contributed by atoms with E-state index in [2.05, 4.69) is 47.0 Å². The third-order valence-corrected chi connectivity index (χ3v) is 5.64. The first kappa shape index (κ1) is 12.6. The normalized spacial score (nSPS) is 28.9. The number of hydrogen-bond acceptors (Lipinski definition) is 2. The Kier molecular flexibility index (Phi) is 4.27. The largest absolute Gasteiger partial charge is 0.300 e. The maximum atomic E-state index is 2.77. The van der Waals surface area contributed by atoms with Crippen molar-refractivity contribution in [3.05, 3.63) is 30.3 Å². The molecular weight excluding hydrogens is 238 g/mol. The standard InChI is InChI=1S/C16H23NS/c1-2-8-15(9-3-1)18-13-14-7-6-12-17-11-5-4-10-16(14)17/h1-3,8-9,14,16H,4-7,10-13H2/t14-,16-/m1/s1. The molecule has 98 valence electrons. The highest BCUT2D eigenvalue weighted by atomic mass is 32.2. The Bertz CT molecular complexity index is 363. The first-order valence-electron chi connectivity index (χ1n) is 7.35. The molecule has 2 heteroatoms. The molecule has 0 unspecified atom stereocenters. The number of hydrogen-bond donors (Lipinski definition) is 0. The number of thioether (sulfide) groups is 1. The molecule has 2 fully saturated rings. The van der Waals surface area contributed by atoms with Gasteiger partial charge in [0.1, 0.15) is 0 Å². The first-order valence-corrected chi connectivity index (χ1v) is 8.34. The van der Waals surface area contributed by atoms with Crippen molar-refractivity contribution in [1.82, 2.24) is 4.90 Å². The van der Waals surface area contributed by atoms with Gasteiger partial charge in [-0.05, 0) is 56.8 Å². The van der Waals surface area contributed by atoms with Crippen LogP contribution in [0.2, 0.25) is 0 Å². The average Bonchev–Trinajstić information content (AvgIpc) is 2.46. The summed E-state index contributed by atoms with van der Waals surface area (Å²) < 4.78 is 0. The molecule has 0 radical (unpaired) electrons. The van der Waals surface area contributed by atoms with E-state index in [1.165, 1.54) is 55.8 Å². The van der Waals surface area contributed by atoms with Gasteiger partial charge in [0.2, 0.25) is 0 Å². The van der Waals surface area contributed by atoms with Gasteiger partial charge in [0.25, 0.3) is 0 Å². The SMILES string of the molecule is c1ccc(SC[C@H]2CCCN3CCCC[C@H]23)cc1. The lowest BCUT2D eigenvalue weighted by Crippen LogP contribution is -2.48. The average molecular weight is 261 g/mol. The Morgan fingerprint density at radius 2 is 1.83 bits per heavy atom. The maximum absolute atomic E-state index is 2.77. The molecule has 2 heterocycles. The molecule has 1 aromatic carbocycles. The van der Waals surface area contributed by atoms with Gasteiger partial charge < -0.3 is 4.90 Å². The minimum atomic E-state index is 0.892. The fraction of sp³-hybridized carbons (Fsp3) is 0.625. The second kappa shape index (κ2) is 6.12. The highest BCUT2D eigenvalue weighted by Crippen LogP contribution is 2.34. The molecule has 0 amide bonds. The summed E-state index contributed by atoms with van der Waals surface area (Å²) in [4.78, 5) is 4.20.